The topological polar surface area (TPSA) is 116 Å². The highest BCUT2D eigenvalue weighted by Crippen LogP contribution is 2.32. The molecule has 10 heteroatoms. The molecular formula is C18H19N3O6S. The molecule has 0 aromatic heterocycles. The number of benzene rings is 1. The highest BCUT2D eigenvalue weighted by molar-refractivity contribution is 8.14. The molecule has 0 aliphatic carbocycles. The van der Waals surface area contributed by atoms with E-state index in [4.69, 9.17) is 14.2 Å². The first-order valence-electron chi connectivity index (χ1n) is 8.64. The van der Waals surface area contributed by atoms with Gasteiger partial charge in [0.1, 0.15) is 19.1 Å². The van der Waals surface area contributed by atoms with E-state index in [9.17, 15) is 14.4 Å². The third-order valence-electron chi connectivity index (χ3n) is 3.84. The molecule has 0 bridgehead atoms. The van der Waals surface area contributed by atoms with Crippen LogP contribution in [0.4, 0.5) is 10.5 Å². The zero-order valence-corrected chi connectivity index (χ0v) is 16.2. The van der Waals surface area contributed by atoms with E-state index in [1.165, 1.54) is 0 Å². The smallest absolute Gasteiger partial charge is 0.367 e. The second-order valence-electron chi connectivity index (χ2n) is 5.87. The number of esters is 1. The van der Waals surface area contributed by atoms with Gasteiger partial charge in [-0.2, -0.15) is 9.98 Å². The Kier molecular flexibility index (Phi) is 6.30. The molecule has 2 aliphatic rings. The van der Waals surface area contributed by atoms with E-state index in [0.29, 0.717) is 36.1 Å². The maximum atomic E-state index is 12.3. The minimum atomic E-state index is -0.871. The van der Waals surface area contributed by atoms with E-state index in [1.54, 1.807) is 32.0 Å². The molecule has 2 aliphatic heterocycles. The zero-order chi connectivity index (χ0) is 20.1. The van der Waals surface area contributed by atoms with Crippen LogP contribution in [0, 0.1) is 5.92 Å². The molecular weight excluding hydrogens is 386 g/mol. The van der Waals surface area contributed by atoms with E-state index in [0.717, 1.165) is 11.8 Å². The molecule has 2 heterocycles. The average molecular weight is 405 g/mol. The number of carbonyl (C=O) groups excluding carboxylic acids is 3. The molecule has 1 aromatic rings. The number of fused-ring (bicyclic) bond motifs is 1. The maximum absolute atomic E-state index is 12.3. The lowest BCUT2D eigenvalue weighted by Gasteiger charge is -2.20. The van der Waals surface area contributed by atoms with Gasteiger partial charge in [-0.3, -0.25) is 9.59 Å². The highest BCUT2D eigenvalue weighted by atomic mass is 32.2. The third kappa shape index (κ3) is 4.69. The monoisotopic (exact) mass is 405 g/mol. The Labute approximate surface area is 165 Å². The Morgan fingerprint density at radius 1 is 1.25 bits per heavy atom. The van der Waals surface area contributed by atoms with Crippen molar-refractivity contribution in [2.24, 2.45) is 15.9 Å². The molecule has 1 atom stereocenters. The molecule has 9 nitrogen and oxygen atoms in total. The molecule has 0 radical (unpaired) electrons. The number of aliphatic imine (C=N–C) groups is 2. The van der Waals surface area contributed by atoms with Crippen LogP contribution >= 0.6 is 11.8 Å². The fourth-order valence-corrected chi connectivity index (χ4v) is 3.58. The van der Waals surface area contributed by atoms with Gasteiger partial charge in [-0.1, -0.05) is 11.8 Å². The summed E-state index contributed by atoms with van der Waals surface area (Å²) in [7, 11) is 0. The maximum Gasteiger partial charge on any atom is 0.367 e. The lowest BCUT2D eigenvalue weighted by atomic mass is 10.1. The summed E-state index contributed by atoms with van der Waals surface area (Å²) < 4.78 is 15.9. The standard InChI is InChI=1S/C18H19N3O6S/c1-3-25-17(23)15-10(2)19-18(24)21-16(15)28-9-14(22)20-11-4-5-12-13(8-11)27-7-6-26-12/h4-5,8,15H,3,6-7,9H2,1-2H3,(H,20,22). The first kappa shape index (κ1) is 19.9. The molecule has 1 N–H and O–H groups in total. The number of anilines is 1. The van der Waals surface area contributed by atoms with Gasteiger partial charge in [0.15, 0.2) is 11.5 Å². The lowest BCUT2D eigenvalue weighted by molar-refractivity contribution is -0.143. The summed E-state index contributed by atoms with van der Waals surface area (Å²) in [6, 6.07) is 4.40. The number of thioether (sulfide) groups is 1. The van der Waals surface area contributed by atoms with Crippen molar-refractivity contribution in [1.82, 2.24) is 0 Å². The van der Waals surface area contributed by atoms with Crippen molar-refractivity contribution in [3.05, 3.63) is 18.2 Å². The van der Waals surface area contributed by atoms with Gasteiger partial charge in [-0.05, 0) is 26.0 Å². The average Bonchev–Trinajstić information content (AvgIpc) is 2.66. The lowest BCUT2D eigenvalue weighted by Crippen LogP contribution is -2.34. The predicted molar refractivity (Wildman–Crippen MR) is 105 cm³/mol. The predicted octanol–water partition coefficient (Wildman–Crippen LogP) is 2.30. The van der Waals surface area contributed by atoms with E-state index < -0.39 is 17.9 Å². The number of amides is 3. The highest BCUT2D eigenvalue weighted by Gasteiger charge is 2.33. The van der Waals surface area contributed by atoms with Crippen LogP contribution in [0.3, 0.4) is 0 Å². The molecule has 3 rings (SSSR count). The number of carbonyl (C=O) groups is 3. The number of ether oxygens (including phenoxy) is 3. The summed E-state index contributed by atoms with van der Waals surface area (Å²) in [6.45, 7) is 4.37. The summed E-state index contributed by atoms with van der Waals surface area (Å²) in [5.74, 6) is -0.586. The van der Waals surface area contributed by atoms with Crippen LogP contribution in [0.1, 0.15) is 13.8 Å². The Bertz CT molecular complexity index is 867. The van der Waals surface area contributed by atoms with Gasteiger partial charge in [-0.15, -0.1) is 0 Å². The van der Waals surface area contributed by atoms with Gasteiger partial charge in [-0.25, -0.2) is 4.79 Å². The van der Waals surface area contributed by atoms with Crippen molar-refractivity contribution in [1.29, 1.82) is 0 Å². The van der Waals surface area contributed by atoms with Crippen molar-refractivity contribution in [3.8, 4) is 11.5 Å². The van der Waals surface area contributed by atoms with Gasteiger partial charge in [0.05, 0.1) is 17.4 Å². The Hall–Kier alpha value is -2.88. The number of hydrogen-bond acceptors (Lipinski definition) is 7. The summed E-state index contributed by atoms with van der Waals surface area (Å²) in [6.07, 6.45) is 0. The van der Waals surface area contributed by atoms with Crippen molar-refractivity contribution in [2.75, 3.05) is 30.9 Å². The summed E-state index contributed by atoms with van der Waals surface area (Å²) >= 11 is 1.00. The summed E-state index contributed by atoms with van der Waals surface area (Å²) in [5.41, 5.74) is 0.851. The molecule has 148 valence electrons. The van der Waals surface area contributed by atoms with Crippen LogP contribution in [0.15, 0.2) is 28.2 Å². The van der Waals surface area contributed by atoms with Crippen molar-refractivity contribution in [3.63, 3.8) is 0 Å². The molecule has 0 saturated heterocycles. The van der Waals surface area contributed by atoms with E-state index in [-0.39, 0.29) is 23.3 Å². The molecule has 0 spiro atoms. The van der Waals surface area contributed by atoms with Crippen LogP contribution in [0.5, 0.6) is 11.5 Å². The normalized spacial score (nSPS) is 18.1. The van der Waals surface area contributed by atoms with Crippen LogP contribution < -0.4 is 14.8 Å². The van der Waals surface area contributed by atoms with Crippen molar-refractivity contribution in [2.45, 2.75) is 13.8 Å². The second kappa shape index (κ2) is 8.87. The van der Waals surface area contributed by atoms with Gasteiger partial charge in [0, 0.05) is 17.5 Å². The molecule has 0 fully saturated rings. The van der Waals surface area contributed by atoms with Crippen molar-refractivity contribution >= 4 is 46.1 Å². The molecule has 28 heavy (non-hydrogen) atoms. The number of hydrogen-bond donors (Lipinski definition) is 1. The van der Waals surface area contributed by atoms with Gasteiger partial charge < -0.3 is 19.5 Å². The minimum Gasteiger partial charge on any atom is -0.486 e. The third-order valence-corrected chi connectivity index (χ3v) is 4.87. The number of rotatable bonds is 5. The SMILES string of the molecule is CCOC(=O)C1C(C)=NC(=O)N=C1SCC(=O)Nc1ccc2c(c1)OCCO2. The van der Waals surface area contributed by atoms with Crippen LogP contribution in [0.2, 0.25) is 0 Å². The van der Waals surface area contributed by atoms with Gasteiger partial charge in [0.25, 0.3) is 0 Å². The van der Waals surface area contributed by atoms with Crippen LogP contribution in [-0.2, 0) is 14.3 Å². The largest absolute Gasteiger partial charge is 0.486 e. The van der Waals surface area contributed by atoms with Gasteiger partial charge in [0.2, 0.25) is 5.91 Å². The van der Waals surface area contributed by atoms with Crippen LogP contribution in [-0.4, -0.2) is 54.2 Å². The number of nitrogens with one attached hydrogen (secondary N) is 1. The first-order valence-corrected chi connectivity index (χ1v) is 9.63. The zero-order valence-electron chi connectivity index (χ0n) is 15.4. The van der Waals surface area contributed by atoms with Crippen molar-refractivity contribution < 1.29 is 28.6 Å². The first-order chi connectivity index (χ1) is 13.5. The van der Waals surface area contributed by atoms with Crippen LogP contribution in [0.25, 0.3) is 0 Å². The minimum absolute atomic E-state index is 0.0380. The number of nitrogens with zero attached hydrogens (tertiary/aromatic N) is 2. The fourth-order valence-electron chi connectivity index (χ4n) is 2.65. The number of urea groups is 1. The molecule has 3 amide bonds. The summed E-state index contributed by atoms with van der Waals surface area (Å²) in [5, 5.41) is 2.94. The molecule has 1 unspecified atom stereocenters. The van der Waals surface area contributed by atoms with Gasteiger partial charge >= 0.3 is 12.0 Å². The second-order valence-corrected chi connectivity index (χ2v) is 6.86. The van der Waals surface area contributed by atoms with E-state index in [2.05, 4.69) is 15.3 Å². The Morgan fingerprint density at radius 2 is 2.00 bits per heavy atom. The quantitative estimate of drug-likeness (QED) is 0.747. The molecule has 0 saturated carbocycles. The summed E-state index contributed by atoms with van der Waals surface area (Å²) in [4.78, 5) is 43.6. The molecule has 1 aromatic carbocycles. The Morgan fingerprint density at radius 3 is 2.75 bits per heavy atom. The Balaban J connectivity index is 1.62. The van der Waals surface area contributed by atoms with E-state index >= 15 is 0 Å². The fraction of sp³-hybridized carbons (Fsp3) is 0.389. The van der Waals surface area contributed by atoms with E-state index in [1.807, 2.05) is 0 Å².